The van der Waals surface area contributed by atoms with Gasteiger partial charge in [0, 0.05) is 11.6 Å². The van der Waals surface area contributed by atoms with Crippen LogP contribution in [0.4, 0.5) is 0 Å². The van der Waals surface area contributed by atoms with E-state index in [9.17, 15) is 0 Å². The number of hydrogen-bond donors (Lipinski definition) is 1. The van der Waals surface area contributed by atoms with Gasteiger partial charge in [0.05, 0.1) is 14.2 Å². The lowest BCUT2D eigenvalue weighted by Gasteiger charge is -2.36. The molecule has 1 aliphatic carbocycles. The van der Waals surface area contributed by atoms with Gasteiger partial charge in [-0.25, -0.2) is 0 Å². The number of fused-ring (bicyclic) bond motifs is 1. The number of rotatable bonds is 12. The van der Waals surface area contributed by atoms with E-state index in [-0.39, 0.29) is 24.8 Å². The molecule has 0 aliphatic heterocycles. The zero-order valence-electron chi connectivity index (χ0n) is 18.1. The second kappa shape index (κ2) is 15.2. The Kier molecular flexibility index (Phi) is 14.8. The first-order valence-electron chi connectivity index (χ1n) is 10.4. The summed E-state index contributed by atoms with van der Waals surface area (Å²) in [6, 6.07) is 4.97. The van der Waals surface area contributed by atoms with Gasteiger partial charge >= 0.3 is 0 Å². The Morgan fingerprint density at radius 3 is 2.43 bits per heavy atom. The van der Waals surface area contributed by atoms with Crippen molar-refractivity contribution in [3.05, 3.63) is 23.3 Å². The zero-order chi connectivity index (χ0) is 18.8. The molecule has 1 aromatic carbocycles. The van der Waals surface area contributed by atoms with Crippen molar-refractivity contribution in [1.82, 2.24) is 10.2 Å². The molecule has 2 rings (SSSR count). The van der Waals surface area contributed by atoms with Gasteiger partial charge in [0.15, 0.2) is 11.5 Å². The van der Waals surface area contributed by atoms with Crippen LogP contribution in [0, 0.1) is 0 Å². The summed E-state index contributed by atoms with van der Waals surface area (Å²) in [5.74, 6) is 1.80. The van der Waals surface area contributed by atoms with Crippen LogP contribution in [0.25, 0.3) is 0 Å². The van der Waals surface area contributed by atoms with Crippen LogP contribution in [0.3, 0.4) is 0 Å². The third-order valence-corrected chi connectivity index (χ3v) is 5.58. The van der Waals surface area contributed by atoms with Gasteiger partial charge in [-0.2, -0.15) is 0 Å². The number of unbranched alkanes of at least 4 members (excludes halogenated alkanes) is 3. The van der Waals surface area contributed by atoms with Crippen molar-refractivity contribution in [3.8, 4) is 11.5 Å². The lowest BCUT2D eigenvalue weighted by molar-refractivity contribution is 0.175. The fourth-order valence-electron chi connectivity index (χ4n) is 4.21. The van der Waals surface area contributed by atoms with Crippen molar-refractivity contribution in [1.29, 1.82) is 0 Å². The summed E-state index contributed by atoms with van der Waals surface area (Å²) in [6.07, 6.45) is 9.97. The minimum Gasteiger partial charge on any atom is -0.493 e. The molecule has 0 amide bonds. The summed E-state index contributed by atoms with van der Waals surface area (Å²) >= 11 is 0. The molecule has 0 radical (unpaired) electrons. The normalized spacial score (nSPS) is 15.4. The van der Waals surface area contributed by atoms with Gasteiger partial charge in [0.2, 0.25) is 0 Å². The van der Waals surface area contributed by atoms with Gasteiger partial charge in [-0.15, -0.1) is 24.8 Å². The smallest absolute Gasteiger partial charge is 0.164 e. The molecular formula is C22H40Cl2N2O2. The fraction of sp³-hybridized carbons (Fsp3) is 0.727. The molecule has 1 aliphatic rings. The summed E-state index contributed by atoms with van der Waals surface area (Å²) in [6.45, 7) is 5.89. The van der Waals surface area contributed by atoms with E-state index >= 15 is 0 Å². The minimum atomic E-state index is 0. The topological polar surface area (TPSA) is 33.7 Å². The van der Waals surface area contributed by atoms with Crippen molar-refractivity contribution in [2.24, 2.45) is 0 Å². The molecule has 0 saturated carbocycles. The Morgan fingerprint density at radius 2 is 1.79 bits per heavy atom. The van der Waals surface area contributed by atoms with Crippen LogP contribution in [-0.2, 0) is 12.8 Å². The summed E-state index contributed by atoms with van der Waals surface area (Å²) in [5.41, 5.74) is 2.79. The highest BCUT2D eigenvalue weighted by molar-refractivity contribution is 5.85. The molecule has 4 nitrogen and oxygen atoms in total. The highest BCUT2D eigenvalue weighted by Crippen LogP contribution is 2.38. The molecule has 6 heteroatoms. The molecule has 0 fully saturated rings. The lowest BCUT2D eigenvalue weighted by Crippen LogP contribution is -2.40. The van der Waals surface area contributed by atoms with E-state index in [4.69, 9.17) is 9.47 Å². The first-order valence-corrected chi connectivity index (χ1v) is 10.4. The number of benzene rings is 1. The van der Waals surface area contributed by atoms with E-state index in [1.165, 1.54) is 62.7 Å². The minimum absolute atomic E-state index is 0. The molecule has 0 saturated heterocycles. The molecule has 0 spiro atoms. The zero-order valence-corrected chi connectivity index (χ0v) is 19.7. The molecule has 164 valence electrons. The third kappa shape index (κ3) is 7.62. The van der Waals surface area contributed by atoms with Gasteiger partial charge < -0.3 is 19.7 Å². The molecule has 28 heavy (non-hydrogen) atoms. The average molecular weight is 435 g/mol. The average Bonchev–Trinajstić information content (AvgIpc) is 2.68. The van der Waals surface area contributed by atoms with Gasteiger partial charge in [-0.05, 0) is 76.8 Å². The fourth-order valence-corrected chi connectivity index (χ4v) is 4.21. The number of halogens is 2. The monoisotopic (exact) mass is 434 g/mol. The Balaban J connectivity index is 0.00000364. The first-order chi connectivity index (χ1) is 12.7. The number of hydrogen-bond acceptors (Lipinski definition) is 4. The number of nitrogens with zero attached hydrogens (tertiary/aromatic N) is 1. The number of methoxy groups -OCH3 is 2. The van der Waals surface area contributed by atoms with Crippen LogP contribution in [0.15, 0.2) is 12.1 Å². The van der Waals surface area contributed by atoms with Crippen molar-refractivity contribution in [2.45, 2.75) is 64.3 Å². The number of ether oxygens (including phenoxy) is 2. The summed E-state index contributed by atoms with van der Waals surface area (Å²) in [7, 11) is 5.51. The van der Waals surface area contributed by atoms with Crippen molar-refractivity contribution in [3.63, 3.8) is 0 Å². The molecule has 1 N–H and O–H groups in total. The molecule has 0 bridgehead atoms. The van der Waals surface area contributed by atoms with Crippen LogP contribution in [0.2, 0.25) is 0 Å². The maximum absolute atomic E-state index is 5.65. The maximum atomic E-state index is 5.65. The van der Waals surface area contributed by atoms with E-state index in [2.05, 4.69) is 29.3 Å². The Labute approximate surface area is 184 Å². The van der Waals surface area contributed by atoms with Crippen molar-refractivity contribution < 1.29 is 9.47 Å². The largest absolute Gasteiger partial charge is 0.493 e. The van der Waals surface area contributed by atoms with Gasteiger partial charge in [-0.1, -0.05) is 25.8 Å². The van der Waals surface area contributed by atoms with E-state index in [1.807, 2.05) is 7.05 Å². The van der Waals surface area contributed by atoms with Gasteiger partial charge in [0.25, 0.3) is 0 Å². The first kappa shape index (κ1) is 27.3. The van der Waals surface area contributed by atoms with Gasteiger partial charge in [0.1, 0.15) is 0 Å². The predicted octanol–water partition coefficient (Wildman–Crippen LogP) is 4.90. The molecular weight excluding hydrogens is 395 g/mol. The van der Waals surface area contributed by atoms with Crippen LogP contribution < -0.4 is 14.8 Å². The second-order valence-corrected chi connectivity index (χ2v) is 7.39. The highest BCUT2D eigenvalue weighted by atomic mass is 35.5. The number of nitrogens with one attached hydrogen (secondary N) is 1. The second-order valence-electron chi connectivity index (χ2n) is 7.39. The standard InChI is InChI=1S/C22H38N2O2.2ClH/c1-5-15-24(16-9-7-6-8-14-23-2)19-11-12-20-18(17-19)10-13-21(25-3)22(20)26-4;;/h10,13,19,23H,5-9,11-12,14-17H2,1-4H3;2*1H/t19-;;/m0../s1. The molecule has 1 aromatic rings. The van der Waals surface area contributed by atoms with Gasteiger partial charge in [-0.3, -0.25) is 0 Å². The van der Waals surface area contributed by atoms with Crippen LogP contribution >= 0.6 is 24.8 Å². The molecule has 0 aromatic heterocycles. The van der Waals surface area contributed by atoms with E-state index in [0.717, 1.165) is 30.9 Å². The Hall–Kier alpha value is -0.680. The lowest BCUT2D eigenvalue weighted by atomic mass is 9.86. The van der Waals surface area contributed by atoms with Crippen LogP contribution in [-0.4, -0.2) is 51.8 Å². The summed E-state index contributed by atoms with van der Waals surface area (Å²) in [4.78, 5) is 2.73. The van der Waals surface area contributed by atoms with Crippen molar-refractivity contribution >= 4 is 24.8 Å². The maximum Gasteiger partial charge on any atom is 0.164 e. The van der Waals surface area contributed by atoms with E-state index in [1.54, 1.807) is 14.2 Å². The summed E-state index contributed by atoms with van der Waals surface area (Å²) in [5, 5.41) is 3.24. The molecule has 0 heterocycles. The van der Waals surface area contributed by atoms with E-state index in [0.29, 0.717) is 6.04 Å². The predicted molar refractivity (Wildman–Crippen MR) is 124 cm³/mol. The van der Waals surface area contributed by atoms with E-state index < -0.39 is 0 Å². The third-order valence-electron chi connectivity index (χ3n) is 5.58. The molecule has 1 atom stereocenters. The Bertz CT molecular complexity index is 544. The van der Waals surface area contributed by atoms with Crippen LogP contribution in [0.1, 0.15) is 56.6 Å². The molecule has 0 unspecified atom stereocenters. The van der Waals surface area contributed by atoms with Crippen molar-refractivity contribution in [2.75, 3.05) is 40.9 Å². The highest BCUT2D eigenvalue weighted by Gasteiger charge is 2.26. The quantitative estimate of drug-likeness (QED) is 0.474. The summed E-state index contributed by atoms with van der Waals surface area (Å²) < 4.78 is 11.1. The SMILES string of the molecule is CCCN(CCCCCCNC)[C@H]1CCc2c(ccc(OC)c2OC)C1.Cl.Cl. The van der Waals surface area contributed by atoms with Crippen LogP contribution in [0.5, 0.6) is 11.5 Å². The Morgan fingerprint density at radius 1 is 1.04 bits per heavy atom.